The maximum Gasteiger partial charge on any atom is 0.0673 e. The molecule has 13 heavy (non-hydrogen) atoms. The van der Waals surface area contributed by atoms with Crippen LogP contribution in [0.15, 0.2) is 23.2 Å². The Morgan fingerprint density at radius 2 is 1.85 bits per heavy atom. The molecule has 0 unspecified atom stereocenters. The van der Waals surface area contributed by atoms with Crippen molar-refractivity contribution in [2.45, 2.75) is 33.1 Å². The first-order valence-corrected chi connectivity index (χ1v) is 4.69. The van der Waals surface area contributed by atoms with E-state index in [4.69, 9.17) is 0 Å². The minimum absolute atomic E-state index is 0.126. The average Bonchev–Trinajstić information content (AvgIpc) is 2.24. The highest BCUT2D eigenvalue weighted by atomic mass is 14.8. The Morgan fingerprint density at radius 1 is 1.15 bits per heavy atom. The van der Waals surface area contributed by atoms with Gasteiger partial charge in [-0.1, -0.05) is 26.0 Å². The number of hydrogen-bond acceptors (Lipinski definition) is 1. The molecule has 0 atom stereocenters. The van der Waals surface area contributed by atoms with Gasteiger partial charge < -0.3 is 0 Å². The third kappa shape index (κ3) is 1.03. The predicted molar refractivity (Wildman–Crippen MR) is 57.0 cm³/mol. The number of aliphatic imine (C=N–C) groups is 1. The maximum absolute atomic E-state index is 4.58. The fourth-order valence-corrected chi connectivity index (χ4v) is 2.06. The number of hydrogen-bond donors (Lipinski definition) is 0. The van der Waals surface area contributed by atoms with Crippen molar-refractivity contribution in [3.05, 3.63) is 29.3 Å². The van der Waals surface area contributed by atoms with Crippen molar-refractivity contribution in [2.75, 3.05) is 0 Å². The molecule has 1 aromatic rings. The van der Waals surface area contributed by atoms with Gasteiger partial charge in [0.1, 0.15) is 0 Å². The van der Waals surface area contributed by atoms with Crippen LogP contribution in [0, 0.1) is 6.92 Å². The lowest BCUT2D eigenvalue weighted by Gasteiger charge is -2.21. The van der Waals surface area contributed by atoms with Crippen molar-refractivity contribution < 1.29 is 0 Å². The van der Waals surface area contributed by atoms with Gasteiger partial charge in [-0.25, -0.2) is 0 Å². The lowest BCUT2D eigenvalue weighted by molar-refractivity contribution is 0.727. The smallest absolute Gasteiger partial charge is 0.0673 e. The van der Waals surface area contributed by atoms with Gasteiger partial charge in [0.2, 0.25) is 0 Å². The third-order valence-electron chi connectivity index (χ3n) is 3.07. The minimum atomic E-state index is 0.126. The lowest BCUT2D eigenvalue weighted by Crippen LogP contribution is -2.23. The van der Waals surface area contributed by atoms with Crippen LogP contribution in [0.2, 0.25) is 0 Å². The van der Waals surface area contributed by atoms with Crippen molar-refractivity contribution in [1.82, 2.24) is 0 Å². The second-order valence-electron chi connectivity index (χ2n) is 4.29. The molecule has 0 radical (unpaired) electrons. The maximum atomic E-state index is 4.58. The quantitative estimate of drug-likeness (QED) is 0.570. The summed E-state index contributed by atoms with van der Waals surface area (Å²) in [5.74, 6) is 0. The molecule has 0 fully saturated rings. The molecule has 0 spiro atoms. The van der Waals surface area contributed by atoms with Gasteiger partial charge in [-0.15, -0.1) is 0 Å². The normalized spacial score (nSPS) is 18.3. The van der Waals surface area contributed by atoms with Gasteiger partial charge in [0, 0.05) is 11.1 Å². The highest BCUT2D eigenvalue weighted by Crippen LogP contribution is 2.41. The summed E-state index contributed by atoms with van der Waals surface area (Å²) in [6.45, 7) is 8.75. The molecule has 1 aliphatic rings. The number of rotatable bonds is 0. The monoisotopic (exact) mass is 173 g/mol. The Balaban J connectivity index is 2.72. The minimum Gasteiger partial charge on any atom is -0.257 e. The van der Waals surface area contributed by atoms with Crippen molar-refractivity contribution in [2.24, 2.45) is 4.99 Å². The Labute approximate surface area is 79.5 Å². The molecule has 68 valence electrons. The van der Waals surface area contributed by atoms with E-state index in [0.29, 0.717) is 0 Å². The molecular formula is C12H15N. The van der Waals surface area contributed by atoms with Gasteiger partial charge in [-0.2, -0.15) is 0 Å². The van der Waals surface area contributed by atoms with Crippen LogP contribution in [0.1, 0.15) is 31.9 Å². The number of nitrogens with zero attached hydrogens (tertiary/aromatic N) is 1. The molecule has 1 heteroatoms. The van der Waals surface area contributed by atoms with Crippen LogP contribution in [0.3, 0.4) is 0 Å². The number of benzene rings is 1. The molecule has 0 N–H and O–H groups in total. The van der Waals surface area contributed by atoms with Crippen LogP contribution in [0.5, 0.6) is 0 Å². The summed E-state index contributed by atoms with van der Waals surface area (Å²) in [5.41, 5.74) is 5.25. The number of aryl methyl sites for hydroxylation is 1. The van der Waals surface area contributed by atoms with E-state index in [1.807, 2.05) is 0 Å². The Kier molecular flexibility index (Phi) is 1.59. The van der Waals surface area contributed by atoms with E-state index < -0.39 is 0 Å². The van der Waals surface area contributed by atoms with E-state index in [9.17, 15) is 0 Å². The van der Waals surface area contributed by atoms with E-state index in [-0.39, 0.29) is 5.41 Å². The Bertz CT molecular complexity index is 386. The highest BCUT2D eigenvalue weighted by molar-refractivity contribution is 5.99. The van der Waals surface area contributed by atoms with E-state index in [0.717, 1.165) is 5.69 Å². The first-order valence-electron chi connectivity index (χ1n) is 4.69. The van der Waals surface area contributed by atoms with E-state index in [1.165, 1.54) is 16.8 Å². The average molecular weight is 173 g/mol. The van der Waals surface area contributed by atoms with Gasteiger partial charge in [-0.05, 0) is 31.0 Å². The number of fused-ring (bicyclic) bond motifs is 1. The van der Waals surface area contributed by atoms with Crippen molar-refractivity contribution in [3.8, 4) is 0 Å². The van der Waals surface area contributed by atoms with E-state index >= 15 is 0 Å². The van der Waals surface area contributed by atoms with Crippen LogP contribution >= 0.6 is 0 Å². The molecular weight excluding hydrogens is 158 g/mol. The van der Waals surface area contributed by atoms with Crippen LogP contribution in [-0.4, -0.2) is 5.71 Å². The van der Waals surface area contributed by atoms with Gasteiger partial charge in [0.15, 0.2) is 0 Å². The van der Waals surface area contributed by atoms with Gasteiger partial charge in [-0.3, -0.25) is 4.99 Å². The first-order chi connectivity index (χ1) is 6.03. The van der Waals surface area contributed by atoms with Gasteiger partial charge in [0.05, 0.1) is 5.69 Å². The van der Waals surface area contributed by atoms with Gasteiger partial charge >= 0.3 is 0 Å². The van der Waals surface area contributed by atoms with Crippen LogP contribution in [0.4, 0.5) is 5.69 Å². The summed E-state index contributed by atoms with van der Waals surface area (Å²) in [6, 6.07) is 6.33. The topological polar surface area (TPSA) is 12.4 Å². The highest BCUT2D eigenvalue weighted by Gasteiger charge is 2.32. The first kappa shape index (κ1) is 8.49. The second kappa shape index (κ2) is 2.44. The zero-order valence-electron chi connectivity index (χ0n) is 8.68. The van der Waals surface area contributed by atoms with Gasteiger partial charge in [0.25, 0.3) is 0 Å². The van der Waals surface area contributed by atoms with Crippen LogP contribution in [0.25, 0.3) is 0 Å². The molecule has 2 rings (SSSR count). The Hall–Kier alpha value is -1.11. The summed E-state index contributed by atoms with van der Waals surface area (Å²) in [7, 11) is 0. The summed E-state index contributed by atoms with van der Waals surface area (Å²) in [5, 5.41) is 0. The second-order valence-corrected chi connectivity index (χ2v) is 4.29. The van der Waals surface area contributed by atoms with E-state index in [2.05, 4.69) is 50.9 Å². The summed E-state index contributed by atoms with van der Waals surface area (Å²) in [4.78, 5) is 4.58. The summed E-state index contributed by atoms with van der Waals surface area (Å²) < 4.78 is 0. The summed E-state index contributed by atoms with van der Waals surface area (Å²) >= 11 is 0. The fraction of sp³-hybridized carbons (Fsp3) is 0.417. The molecule has 0 saturated carbocycles. The molecule has 0 aliphatic carbocycles. The predicted octanol–water partition coefficient (Wildman–Crippen LogP) is 3.38. The van der Waals surface area contributed by atoms with E-state index in [1.54, 1.807) is 0 Å². The molecule has 0 aromatic heterocycles. The van der Waals surface area contributed by atoms with Crippen molar-refractivity contribution >= 4 is 11.4 Å². The molecule has 0 bridgehead atoms. The van der Waals surface area contributed by atoms with Crippen molar-refractivity contribution in [3.63, 3.8) is 0 Å². The zero-order valence-corrected chi connectivity index (χ0v) is 8.68. The molecule has 1 heterocycles. The third-order valence-corrected chi connectivity index (χ3v) is 3.07. The largest absolute Gasteiger partial charge is 0.257 e. The standard InChI is InChI=1S/C12H15N/c1-8-6-5-7-10-11(8)12(3,4)9(2)13-10/h5-7H,1-4H3. The lowest BCUT2D eigenvalue weighted by atomic mass is 9.80. The Morgan fingerprint density at radius 3 is 2.46 bits per heavy atom. The molecule has 1 aromatic carbocycles. The molecule has 1 nitrogen and oxygen atoms in total. The molecule has 1 aliphatic heterocycles. The summed E-state index contributed by atoms with van der Waals surface area (Å²) in [6.07, 6.45) is 0. The zero-order chi connectivity index (χ0) is 9.64. The van der Waals surface area contributed by atoms with Crippen LogP contribution in [-0.2, 0) is 5.41 Å². The molecule has 0 saturated heterocycles. The fourth-order valence-electron chi connectivity index (χ4n) is 2.06. The van der Waals surface area contributed by atoms with Crippen LogP contribution < -0.4 is 0 Å². The SMILES string of the molecule is CC1=Nc2cccc(C)c2C1(C)C. The van der Waals surface area contributed by atoms with Crippen molar-refractivity contribution in [1.29, 1.82) is 0 Å². The molecule has 0 amide bonds.